The summed E-state index contributed by atoms with van der Waals surface area (Å²) in [5.74, 6) is 0.966. The van der Waals surface area contributed by atoms with Crippen LogP contribution in [0.2, 0.25) is 0 Å². The van der Waals surface area contributed by atoms with Crippen molar-refractivity contribution in [2.24, 2.45) is 0 Å². The Morgan fingerprint density at radius 3 is 2.69 bits per heavy atom. The van der Waals surface area contributed by atoms with Gasteiger partial charge in [0, 0.05) is 6.54 Å². The van der Waals surface area contributed by atoms with Crippen molar-refractivity contribution >= 4 is 0 Å². The van der Waals surface area contributed by atoms with Gasteiger partial charge in [-0.2, -0.15) is 0 Å². The molecule has 1 fully saturated rings. The van der Waals surface area contributed by atoms with Crippen LogP contribution in [0.4, 0.5) is 4.39 Å². The predicted molar refractivity (Wildman–Crippen MR) is 61.5 cm³/mol. The molecule has 0 spiro atoms. The Labute approximate surface area is 95.8 Å². The normalized spacial score (nSPS) is 16.5. The van der Waals surface area contributed by atoms with Gasteiger partial charge in [0.15, 0.2) is 0 Å². The first-order chi connectivity index (χ1) is 7.65. The molecule has 0 atom stereocenters. The number of hydrogen-bond donors (Lipinski definition) is 1. The monoisotopic (exact) mass is 222 g/mol. The largest absolute Gasteiger partial charge is 0.378 e. The SMILES string of the molecule is C[C](C)c1cc(F)cc(CNC2COC2)c1. The first-order valence-electron chi connectivity index (χ1n) is 5.56. The fraction of sp³-hybridized carbons (Fsp3) is 0.462. The van der Waals surface area contributed by atoms with Crippen molar-refractivity contribution in [1.29, 1.82) is 0 Å². The number of benzene rings is 1. The second-order valence-corrected chi connectivity index (χ2v) is 4.46. The quantitative estimate of drug-likeness (QED) is 0.843. The Kier molecular flexibility index (Phi) is 3.56. The Bertz CT molecular complexity index is 361. The maximum absolute atomic E-state index is 13.3. The van der Waals surface area contributed by atoms with E-state index in [0.717, 1.165) is 30.3 Å². The first-order valence-corrected chi connectivity index (χ1v) is 5.56. The highest BCUT2D eigenvalue weighted by molar-refractivity contribution is 5.33. The fourth-order valence-corrected chi connectivity index (χ4v) is 1.66. The van der Waals surface area contributed by atoms with Gasteiger partial charge in [0.25, 0.3) is 0 Å². The summed E-state index contributed by atoms with van der Waals surface area (Å²) in [6.07, 6.45) is 0. The molecule has 1 heterocycles. The average Bonchev–Trinajstić information content (AvgIpc) is 2.14. The van der Waals surface area contributed by atoms with Crippen LogP contribution >= 0.6 is 0 Å². The zero-order valence-corrected chi connectivity index (χ0v) is 9.72. The smallest absolute Gasteiger partial charge is 0.123 e. The molecule has 1 N–H and O–H groups in total. The van der Waals surface area contributed by atoms with Gasteiger partial charge in [-0.05, 0) is 29.2 Å². The summed E-state index contributed by atoms with van der Waals surface area (Å²) in [6.45, 7) is 6.21. The molecule has 1 aliphatic heterocycles. The molecule has 1 aromatic carbocycles. The summed E-state index contributed by atoms with van der Waals surface area (Å²) in [6, 6.07) is 5.62. The van der Waals surface area contributed by atoms with Gasteiger partial charge in [0.1, 0.15) is 5.82 Å². The Balaban J connectivity index is 2.01. The molecule has 1 radical (unpaired) electrons. The number of ether oxygens (including phenoxy) is 1. The Morgan fingerprint density at radius 1 is 1.38 bits per heavy atom. The van der Waals surface area contributed by atoms with Crippen LogP contribution < -0.4 is 5.32 Å². The van der Waals surface area contributed by atoms with Crippen molar-refractivity contribution in [2.75, 3.05) is 13.2 Å². The lowest BCUT2D eigenvalue weighted by atomic mass is 10.0. The van der Waals surface area contributed by atoms with Gasteiger partial charge in [-0.25, -0.2) is 4.39 Å². The number of rotatable bonds is 4. The zero-order valence-electron chi connectivity index (χ0n) is 9.72. The molecular weight excluding hydrogens is 205 g/mol. The van der Waals surface area contributed by atoms with E-state index in [9.17, 15) is 4.39 Å². The van der Waals surface area contributed by atoms with Crippen LogP contribution in [-0.2, 0) is 11.3 Å². The van der Waals surface area contributed by atoms with E-state index in [1.807, 2.05) is 19.9 Å². The minimum atomic E-state index is -0.166. The van der Waals surface area contributed by atoms with E-state index >= 15 is 0 Å². The maximum atomic E-state index is 13.3. The molecule has 0 amide bonds. The third kappa shape index (κ3) is 2.80. The van der Waals surface area contributed by atoms with Crippen molar-refractivity contribution in [3.8, 4) is 0 Å². The summed E-state index contributed by atoms with van der Waals surface area (Å²) < 4.78 is 18.4. The van der Waals surface area contributed by atoms with E-state index in [1.165, 1.54) is 0 Å². The van der Waals surface area contributed by atoms with Crippen LogP contribution in [-0.4, -0.2) is 19.3 Å². The lowest BCUT2D eigenvalue weighted by Crippen LogP contribution is -2.45. The third-order valence-corrected chi connectivity index (χ3v) is 2.77. The molecule has 1 aliphatic rings. The average molecular weight is 222 g/mol. The van der Waals surface area contributed by atoms with E-state index in [-0.39, 0.29) is 5.82 Å². The Hall–Kier alpha value is -0.930. The van der Waals surface area contributed by atoms with Crippen LogP contribution in [0.3, 0.4) is 0 Å². The fourth-order valence-electron chi connectivity index (χ4n) is 1.66. The topological polar surface area (TPSA) is 21.3 Å². The highest BCUT2D eigenvalue weighted by atomic mass is 19.1. The highest BCUT2D eigenvalue weighted by Gasteiger charge is 2.17. The number of hydrogen-bond acceptors (Lipinski definition) is 2. The third-order valence-electron chi connectivity index (χ3n) is 2.77. The Morgan fingerprint density at radius 2 is 2.12 bits per heavy atom. The standard InChI is InChI=1S/C13H17FNO/c1-9(2)11-3-10(4-12(14)5-11)6-15-13-7-16-8-13/h3-5,13,15H,6-8H2,1-2H3. The molecule has 1 aromatic rings. The van der Waals surface area contributed by atoms with Crippen molar-refractivity contribution in [3.05, 3.63) is 41.1 Å². The van der Waals surface area contributed by atoms with Gasteiger partial charge in [-0.1, -0.05) is 19.9 Å². The summed E-state index contributed by atoms with van der Waals surface area (Å²) in [7, 11) is 0. The molecule has 0 bridgehead atoms. The summed E-state index contributed by atoms with van der Waals surface area (Å²) >= 11 is 0. The highest BCUT2D eigenvalue weighted by Crippen LogP contribution is 2.17. The van der Waals surface area contributed by atoms with E-state index in [0.29, 0.717) is 12.6 Å². The number of nitrogens with one attached hydrogen (secondary N) is 1. The molecule has 87 valence electrons. The van der Waals surface area contributed by atoms with Crippen molar-refractivity contribution in [1.82, 2.24) is 5.32 Å². The van der Waals surface area contributed by atoms with Crippen LogP contribution in [0, 0.1) is 11.7 Å². The van der Waals surface area contributed by atoms with Gasteiger partial charge in [0.2, 0.25) is 0 Å². The molecule has 0 unspecified atom stereocenters. The molecule has 0 aromatic heterocycles. The minimum Gasteiger partial charge on any atom is -0.378 e. The summed E-state index contributed by atoms with van der Waals surface area (Å²) in [5.41, 5.74) is 1.96. The van der Waals surface area contributed by atoms with Crippen molar-refractivity contribution in [3.63, 3.8) is 0 Å². The first kappa shape index (κ1) is 11.6. The van der Waals surface area contributed by atoms with E-state index in [4.69, 9.17) is 4.74 Å². The molecule has 0 aliphatic carbocycles. The van der Waals surface area contributed by atoms with Gasteiger partial charge in [0.05, 0.1) is 19.3 Å². The maximum Gasteiger partial charge on any atom is 0.123 e. The van der Waals surface area contributed by atoms with E-state index in [2.05, 4.69) is 5.32 Å². The molecule has 2 rings (SSSR count). The second-order valence-electron chi connectivity index (χ2n) is 4.46. The molecule has 2 nitrogen and oxygen atoms in total. The van der Waals surface area contributed by atoms with Gasteiger partial charge in [-0.3, -0.25) is 0 Å². The van der Waals surface area contributed by atoms with E-state index < -0.39 is 0 Å². The van der Waals surface area contributed by atoms with Gasteiger partial charge in [-0.15, -0.1) is 0 Å². The van der Waals surface area contributed by atoms with Gasteiger partial charge < -0.3 is 10.1 Å². The molecule has 3 heteroatoms. The van der Waals surface area contributed by atoms with Crippen molar-refractivity contribution < 1.29 is 9.13 Å². The van der Waals surface area contributed by atoms with Crippen molar-refractivity contribution in [2.45, 2.75) is 26.4 Å². The van der Waals surface area contributed by atoms with Crippen LogP contribution in [0.15, 0.2) is 18.2 Å². The molecule has 16 heavy (non-hydrogen) atoms. The lowest BCUT2D eigenvalue weighted by molar-refractivity contribution is -0.00579. The lowest BCUT2D eigenvalue weighted by Gasteiger charge is -2.27. The number of halogens is 1. The molecule has 1 saturated heterocycles. The minimum absolute atomic E-state index is 0.166. The second kappa shape index (κ2) is 4.93. The van der Waals surface area contributed by atoms with Crippen LogP contribution in [0.5, 0.6) is 0 Å². The van der Waals surface area contributed by atoms with Gasteiger partial charge >= 0.3 is 0 Å². The molecule has 0 saturated carbocycles. The molecular formula is C13H17FNO. The van der Waals surface area contributed by atoms with E-state index in [1.54, 1.807) is 12.1 Å². The van der Waals surface area contributed by atoms with Crippen LogP contribution in [0.1, 0.15) is 25.0 Å². The predicted octanol–water partition coefficient (Wildman–Crippen LogP) is 2.28. The van der Waals surface area contributed by atoms with Crippen LogP contribution in [0.25, 0.3) is 0 Å². The summed E-state index contributed by atoms with van der Waals surface area (Å²) in [5, 5.41) is 3.33. The zero-order chi connectivity index (χ0) is 11.5. The summed E-state index contributed by atoms with van der Waals surface area (Å²) in [4.78, 5) is 0.